The fourth-order valence-electron chi connectivity index (χ4n) is 2.90. The van der Waals surface area contributed by atoms with E-state index < -0.39 is 0 Å². The van der Waals surface area contributed by atoms with Crippen molar-refractivity contribution in [1.82, 2.24) is 20.2 Å². The van der Waals surface area contributed by atoms with E-state index in [1.54, 1.807) is 12.1 Å². The first kappa shape index (κ1) is 21.1. The van der Waals surface area contributed by atoms with Crippen LogP contribution in [0, 0.1) is 12.7 Å². The van der Waals surface area contributed by atoms with E-state index in [0.717, 1.165) is 29.9 Å². The van der Waals surface area contributed by atoms with Crippen LogP contribution in [0.2, 0.25) is 0 Å². The number of halogens is 2. The molecule has 0 aliphatic carbocycles. The average Bonchev–Trinajstić information content (AvgIpc) is 2.96. The minimum Gasteiger partial charge on any atom is -0.357 e. The average molecular weight is 481 g/mol. The number of aryl methyl sites for hydroxylation is 1. The fraction of sp³-hybridized carbons (Fsp3) is 0.300. The molecule has 0 fully saturated rings. The minimum atomic E-state index is -0.229. The van der Waals surface area contributed by atoms with Crippen LogP contribution in [-0.4, -0.2) is 28.6 Å². The minimum absolute atomic E-state index is 0. The van der Waals surface area contributed by atoms with E-state index in [4.69, 9.17) is 0 Å². The third-order valence-electron chi connectivity index (χ3n) is 4.18. The van der Waals surface area contributed by atoms with Crippen molar-refractivity contribution in [2.75, 3.05) is 13.1 Å². The van der Waals surface area contributed by atoms with Crippen LogP contribution in [0.3, 0.4) is 0 Å². The van der Waals surface area contributed by atoms with Gasteiger partial charge in [-0.05, 0) is 32.0 Å². The van der Waals surface area contributed by atoms with E-state index in [-0.39, 0.29) is 29.8 Å². The third-order valence-corrected chi connectivity index (χ3v) is 4.18. The first-order valence-corrected chi connectivity index (χ1v) is 8.86. The normalized spacial score (nSPS) is 11.3. The van der Waals surface area contributed by atoms with E-state index >= 15 is 0 Å². The highest BCUT2D eigenvalue weighted by Gasteiger charge is 2.07. The van der Waals surface area contributed by atoms with Gasteiger partial charge in [0.15, 0.2) is 5.96 Å². The summed E-state index contributed by atoms with van der Waals surface area (Å²) in [5.74, 6) is 1.44. The molecule has 1 heterocycles. The number of nitrogens with one attached hydrogen (secondary N) is 2. The van der Waals surface area contributed by atoms with E-state index in [1.807, 2.05) is 38.1 Å². The molecule has 27 heavy (non-hydrogen) atoms. The van der Waals surface area contributed by atoms with Crippen LogP contribution in [0.5, 0.6) is 0 Å². The van der Waals surface area contributed by atoms with Gasteiger partial charge >= 0.3 is 0 Å². The second-order valence-corrected chi connectivity index (χ2v) is 6.01. The molecule has 144 valence electrons. The highest BCUT2D eigenvalue weighted by atomic mass is 127. The van der Waals surface area contributed by atoms with Crippen molar-refractivity contribution in [3.63, 3.8) is 0 Å². The van der Waals surface area contributed by atoms with Crippen LogP contribution in [0.1, 0.15) is 18.3 Å². The van der Waals surface area contributed by atoms with Crippen LogP contribution >= 0.6 is 24.0 Å². The Morgan fingerprint density at radius 3 is 2.63 bits per heavy atom. The number of fused-ring (bicyclic) bond motifs is 1. The second kappa shape index (κ2) is 10.2. The smallest absolute Gasteiger partial charge is 0.191 e. The van der Waals surface area contributed by atoms with E-state index in [2.05, 4.69) is 31.2 Å². The summed E-state index contributed by atoms with van der Waals surface area (Å²) >= 11 is 0. The lowest BCUT2D eigenvalue weighted by atomic mass is 10.2. The van der Waals surface area contributed by atoms with Gasteiger partial charge in [0.1, 0.15) is 11.6 Å². The number of guanidine groups is 1. The number of nitrogens with zero attached hydrogens (tertiary/aromatic N) is 3. The molecule has 2 N–H and O–H groups in total. The summed E-state index contributed by atoms with van der Waals surface area (Å²) in [5.41, 5.74) is 2.71. The van der Waals surface area contributed by atoms with Crippen LogP contribution < -0.4 is 10.6 Å². The Morgan fingerprint density at radius 1 is 1.11 bits per heavy atom. The molecule has 3 rings (SSSR count). The maximum absolute atomic E-state index is 13.7. The maximum Gasteiger partial charge on any atom is 0.191 e. The molecular weight excluding hydrogens is 456 g/mol. The zero-order valence-electron chi connectivity index (χ0n) is 15.6. The molecule has 0 amide bonds. The molecule has 0 saturated heterocycles. The Morgan fingerprint density at radius 2 is 1.85 bits per heavy atom. The highest BCUT2D eigenvalue weighted by molar-refractivity contribution is 14.0. The molecular formula is C20H25FIN5. The number of hydrogen-bond donors (Lipinski definition) is 2. The lowest BCUT2D eigenvalue weighted by molar-refractivity contribution is 0.609. The van der Waals surface area contributed by atoms with Gasteiger partial charge in [0, 0.05) is 25.2 Å². The number of hydrogen-bond acceptors (Lipinski definition) is 2. The van der Waals surface area contributed by atoms with Gasteiger partial charge in [-0.3, -0.25) is 0 Å². The highest BCUT2D eigenvalue weighted by Crippen LogP contribution is 2.14. The molecule has 0 aliphatic rings. The Labute approximate surface area is 176 Å². The van der Waals surface area contributed by atoms with Crippen molar-refractivity contribution in [2.24, 2.45) is 4.99 Å². The van der Waals surface area contributed by atoms with Gasteiger partial charge in [-0.1, -0.05) is 30.3 Å². The Hall–Kier alpha value is -2.16. The molecule has 5 nitrogen and oxygen atoms in total. The number of para-hydroxylation sites is 2. The van der Waals surface area contributed by atoms with Crippen molar-refractivity contribution in [3.05, 3.63) is 65.7 Å². The monoisotopic (exact) mass is 481 g/mol. The largest absolute Gasteiger partial charge is 0.357 e. The van der Waals surface area contributed by atoms with Crippen LogP contribution in [0.4, 0.5) is 4.39 Å². The molecule has 0 spiro atoms. The van der Waals surface area contributed by atoms with Crippen LogP contribution in [-0.2, 0) is 13.1 Å². The number of imidazole rings is 1. The number of rotatable bonds is 6. The van der Waals surface area contributed by atoms with Crippen molar-refractivity contribution >= 4 is 41.0 Å². The summed E-state index contributed by atoms with van der Waals surface area (Å²) in [4.78, 5) is 9.06. The summed E-state index contributed by atoms with van der Waals surface area (Å²) in [6.07, 6.45) is 0. The standard InChI is InChI=1S/C20H24FN5.HI/c1-3-22-20(24-14-16-8-4-5-9-17(16)21)23-12-13-26-15(2)25-18-10-6-7-11-19(18)26;/h4-11H,3,12-14H2,1-2H3,(H2,22,23,24);1H. The molecule has 0 saturated carbocycles. The Bertz CT molecular complexity index is 906. The SMILES string of the molecule is CCNC(=NCc1ccccc1F)NCCn1c(C)nc2ccccc21.I. The van der Waals surface area contributed by atoms with E-state index in [9.17, 15) is 4.39 Å². The molecule has 7 heteroatoms. The zero-order valence-corrected chi connectivity index (χ0v) is 17.9. The third kappa shape index (κ3) is 5.41. The lowest BCUT2D eigenvalue weighted by Gasteiger charge is -2.13. The van der Waals surface area contributed by atoms with Crippen molar-refractivity contribution < 1.29 is 4.39 Å². The van der Waals surface area contributed by atoms with Gasteiger partial charge in [0.2, 0.25) is 0 Å². The van der Waals surface area contributed by atoms with Crippen LogP contribution in [0.25, 0.3) is 11.0 Å². The van der Waals surface area contributed by atoms with Crippen molar-refractivity contribution in [1.29, 1.82) is 0 Å². The topological polar surface area (TPSA) is 54.2 Å². The number of aromatic nitrogens is 2. The van der Waals surface area contributed by atoms with Crippen LogP contribution in [0.15, 0.2) is 53.5 Å². The summed E-state index contributed by atoms with van der Waals surface area (Å²) < 4.78 is 15.9. The summed E-state index contributed by atoms with van der Waals surface area (Å²) in [7, 11) is 0. The first-order chi connectivity index (χ1) is 12.7. The van der Waals surface area contributed by atoms with Crippen molar-refractivity contribution in [2.45, 2.75) is 26.9 Å². The van der Waals surface area contributed by atoms with Gasteiger partial charge in [0.25, 0.3) is 0 Å². The van der Waals surface area contributed by atoms with Gasteiger partial charge in [-0.15, -0.1) is 24.0 Å². The molecule has 1 aromatic heterocycles. The summed E-state index contributed by atoms with van der Waals surface area (Å²) in [5, 5.41) is 6.50. The summed E-state index contributed by atoms with van der Waals surface area (Å²) in [6, 6.07) is 14.8. The Kier molecular flexibility index (Phi) is 8.02. The summed E-state index contributed by atoms with van der Waals surface area (Å²) in [6.45, 7) is 6.54. The second-order valence-electron chi connectivity index (χ2n) is 6.01. The van der Waals surface area contributed by atoms with E-state index in [1.165, 1.54) is 6.07 Å². The van der Waals surface area contributed by atoms with Gasteiger partial charge in [-0.2, -0.15) is 0 Å². The molecule has 0 aliphatic heterocycles. The zero-order chi connectivity index (χ0) is 18.4. The van der Waals surface area contributed by atoms with Gasteiger partial charge in [-0.25, -0.2) is 14.4 Å². The van der Waals surface area contributed by atoms with Crippen molar-refractivity contribution in [3.8, 4) is 0 Å². The number of benzene rings is 2. The lowest BCUT2D eigenvalue weighted by Crippen LogP contribution is -2.38. The number of aliphatic imine (C=N–C) groups is 1. The Balaban J connectivity index is 0.00000261. The first-order valence-electron chi connectivity index (χ1n) is 8.86. The van der Waals surface area contributed by atoms with Gasteiger partial charge in [0.05, 0.1) is 17.6 Å². The predicted octanol–water partition coefficient (Wildman–Crippen LogP) is 3.86. The predicted molar refractivity (Wildman–Crippen MR) is 119 cm³/mol. The molecule has 0 radical (unpaired) electrons. The maximum atomic E-state index is 13.7. The molecule has 0 unspecified atom stereocenters. The molecule has 3 aromatic rings. The van der Waals surface area contributed by atoms with Gasteiger partial charge < -0.3 is 15.2 Å². The fourth-order valence-corrected chi connectivity index (χ4v) is 2.90. The quantitative estimate of drug-likeness (QED) is 0.320. The molecule has 0 bridgehead atoms. The van der Waals surface area contributed by atoms with E-state index in [0.29, 0.717) is 24.6 Å². The molecule has 0 atom stereocenters. The molecule has 2 aromatic carbocycles.